The van der Waals surface area contributed by atoms with Gasteiger partial charge in [0.25, 0.3) is 0 Å². The zero-order valence-corrected chi connectivity index (χ0v) is 29.5. The fraction of sp³-hybridized carbons (Fsp3) is 0. The molecule has 11 rings (SSSR count). The standard InChI is InChI=1S/C50H29N5/c51-30-32-23-24-47-42(27-32)50-48(21-10-22-49(50)55-45-19-7-3-15-40(45)41-16-4-8-20-46(41)55)53(47)36-12-9-11-34(28-36)35-25-33(31-52)26-37(29-35)54-43-17-5-1-13-38(43)39-14-2-6-18-44(39)54/h1-29H. The smallest absolute Gasteiger partial charge is 0.0992 e. The minimum Gasteiger partial charge on any atom is -0.309 e. The van der Waals surface area contributed by atoms with Gasteiger partial charge in [0.1, 0.15) is 0 Å². The van der Waals surface area contributed by atoms with Crippen LogP contribution in [-0.4, -0.2) is 13.7 Å². The predicted molar refractivity (Wildman–Crippen MR) is 224 cm³/mol. The van der Waals surface area contributed by atoms with Crippen LogP contribution in [0.25, 0.3) is 93.6 Å². The maximum atomic E-state index is 10.3. The number of nitriles is 2. The van der Waals surface area contributed by atoms with E-state index in [4.69, 9.17) is 0 Å². The second-order valence-electron chi connectivity index (χ2n) is 14.0. The lowest BCUT2D eigenvalue weighted by atomic mass is 10.0. The number of aromatic nitrogens is 3. The normalized spacial score (nSPS) is 11.6. The zero-order chi connectivity index (χ0) is 36.6. The Morgan fingerprint density at radius 3 is 1.45 bits per heavy atom. The van der Waals surface area contributed by atoms with Gasteiger partial charge in [0.2, 0.25) is 0 Å². The summed E-state index contributed by atoms with van der Waals surface area (Å²) in [6.45, 7) is 0. The molecule has 11 aromatic rings. The Labute approximate surface area is 316 Å². The first kappa shape index (κ1) is 30.7. The third kappa shape index (κ3) is 4.51. The van der Waals surface area contributed by atoms with Crippen molar-refractivity contribution in [3.63, 3.8) is 0 Å². The molecule has 5 nitrogen and oxygen atoms in total. The van der Waals surface area contributed by atoms with Gasteiger partial charge in [-0.1, -0.05) is 91.0 Å². The summed E-state index contributed by atoms with van der Waals surface area (Å²) in [6.07, 6.45) is 0. The number of hydrogen-bond donors (Lipinski definition) is 0. The molecular formula is C50H29N5. The molecule has 0 spiro atoms. The Bertz CT molecular complexity index is 3360. The number of nitrogens with zero attached hydrogens (tertiary/aromatic N) is 5. The minimum absolute atomic E-state index is 0.594. The largest absolute Gasteiger partial charge is 0.309 e. The quantitative estimate of drug-likeness (QED) is 0.184. The van der Waals surface area contributed by atoms with E-state index in [-0.39, 0.29) is 0 Å². The van der Waals surface area contributed by atoms with Crippen LogP contribution in [0.3, 0.4) is 0 Å². The molecule has 0 fully saturated rings. The highest BCUT2D eigenvalue weighted by Gasteiger charge is 2.20. The Hall–Kier alpha value is -7.86. The van der Waals surface area contributed by atoms with Crippen LogP contribution in [0, 0.1) is 22.7 Å². The maximum absolute atomic E-state index is 10.3. The van der Waals surface area contributed by atoms with Gasteiger partial charge in [-0.3, -0.25) is 0 Å². The van der Waals surface area contributed by atoms with Gasteiger partial charge in [-0.2, -0.15) is 10.5 Å². The van der Waals surface area contributed by atoms with Crippen LogP contribution < -0.4 is 0 Å². The molecular weight excluding hydrogens is 671 g/mol. The lowest BCUT2D eigenvalue weighted by Crippen LogP contribution is -1.98. The van der Waals surface area contributed by atoms with Crippen LogP contribution in [0.15, 0.2) is 176 Å². The molecule has 0 saturated carbocycles. The molecule has 0 aliphatic carbocycles. The first-order valence-corrected chi connectivity index (χ1v) is 18.3. The first-order valence-electron chi connectivity index (χ1n) is 18.3. The van der Waals surface area contributed by atoms with Crippen LogP contribution in [0.2, 0.25) is 0 Å². The monoisotopic (exact) mass is 699 g/mol. The van der Waals surface area contributed by atoms with Crippen LogP contribution in [0.5, 0.6) is 0 Å². The molecule has 0 saturated heterocycles. The van der Waals surface area contributed by atoms with Gasteiger partial charge in [-0.15, -0.1) is 0 Å². The van der Waals surface area contributed by atoms with Gasteiger partial charge in [-0.25, -0.2) is 0 Å². The van der Waals surface area contributed by atoms with E-state index in [0.717, 1.165) is 72.1 Å². The van der Waals surface area contributed by atoms with Crippen molar-refractivity contribution in [3.05, 3.63) is 187 Å². The van der Waals surface area contributed by atoms with Crippen molar-refractivity contribution in [2.24, 2.45) is 0 Å². The topological polar surface area (TPSA) is 62.4 Å². The van der Waals surface area contributed by atoms with E-state index < -0.39 is 0 Å². The number of fused-ring (bicyclic) bond motifs is 9. The molecule has 0 atom stereocenters. The van der Waals surface area contributed by atoms with Crippen LogP contribution in [0.1, 0.15) is 11.1 Å². The highest BCUT2D eigenvalue weighted by molar-refractivity contribution is 6.17. The van der Waals surface area contributed by atoms with Gasteiger partial charge in [-0.05, 0) is 96.1 Å². The molecule has 3 heterocycles. The molecule has 0 N–H and O–H groups in total. The average molecular weight is 700 g/mol. The van der Waals surface area contributed by atoms with Gasteiger partial charge in [0.05, 0.1) is 62.1 Å². The van der Waals surface area contributed by atoms with E-state index in [9.17, 15) is 10.5 Å². The van der Waals surface area contributed by atoms with Crippen molar-refractivity contribution in [2.75, 3.05) is 0 Å². The predicted octanol–water partition coefficient (Wildman–Crippen LogP) is 12.4. The molecule has 0 bridgehead atoms. The van der Waals surface area contributed by atoms with Gasteiger partial charge >= 0.3 is 0 Å². The van der Waals surface area contributed by atoms with E-state index in [1.165, 1.54) is 21.5 Å². The van der Waals surface area contributed by atoms with Crippen LogP contribution in [-0.2, 0) is 0 Å². The molecule has 0 aliphatic rings. The summed E-state index contributed by atoms with van der Waals surface area (Å²) in [5, 5.41) is 27.2. The van der Waals surface area contributed by atoms with E-state index in [2.05, 4.69) is 177 Å². The zero-order valence-electron chi connectivity index (χ0n) is 29.5. The van der Waals surface area contributed by atoms with Gasteiger partial charge in [0, 0.05) is 43.7 Å². The first-order chi connectivity index (χ1) is 27.2. The number of benzene rings is 8. The molecule has 0 aliphatic heterocycles. The Morgan fingerprint density at radius 2 is 0.836 bits per heavy atom. The molecule has 0 radical (unpaired) electrons. The molecule has 8 aromatic carbocycles. The van der Waals surface area contributed by atoms with E-state index in [1.807, 2.05) is 24.3 Å². The van der Waals surface area contributed by atoms with Crippen LogP contribution in [0.4, 0.5) is 0 Å². The summed E-state index contributed by atoms with van der Waals surface area (Å²) in [4.78, 5) is 0. The second-order valence-corrected chi connectivity index (χ2v) is 14.0. The maximum Gasteiger partial charge on any atom is 0.0992 e. The lowest BCUT2D eigenvalue weighted by molar-refractivity contribution is 1.17. The third-order valence-corrected chi connectivity index (χ3v) is 11.0. The summed E-state index contributed by atoms with van der Waals surface area (Å²) in [5.41, 5.74) is 12.7. The highest BCUT2D eigenvalue weighted by Crippen LogP contribution is 2.41. The Kier molecular flexibility index (Phi) is 6.61. The molecule has 3 aromatic heterocycles. The third-order valence-electron chi connectivity index (χ3n) is 11.0. The van der Waals surface area contributed by atoms with Crippen LogP contribution >= 0.6 is 0 Å². The summed E-state index contributed by atoms with van der Waals surface area (Å²) < 4.78 is 6.92. The van der Waals surface area contributed by atoms with Crippen molar-refractivity contribution in [2.45, 2.75) is 0 Å². The molecule has 0 unspecified atom stereocenters. The lowest BCUT2D eigenvalue weighted by Gasteiger charge is -2.14. The van der Waals surface area contributed by atoms with E-state index in [1.54, 1.807) is 0 Å². The summed E-state index contributed by atoms with van der Waals surface area (Å²) in [5.74, 6) is 0. The van der Waals surface area contributed by atoms with Crippen molar-refractivity contribution in [3.8, 4) is 40.3 Å². The number of hydrogen-bond acceptors (Lipinski definition) is 2. The van der Waals surface area contributed by atoms with Crippen molar-refractivity contribution in [1.29, 1.82) is 10.5 Å². The van der Waals surface area contributed by atoms with Gasteiger partial charge in [0.15, 0.2) is 0 Å². The number of rotatable bonds is 4. The minimum atomic E-state index is 0.594. The Balaban J connectivity index is 1.15. The average Bonchev–Trinajstić information content (AvgIpc) is 3.89. The summed E-state index contributed by atoms with van der Waals surface area (Å²) >= 11 is 0. The molecule has 5 heteroatoms. The Morgan fingerprint density at radius 1 is 0.327 bits per heavy atom. The fourth-order valence-corrected chi connectivity index (χ4v) is 8.76. The van der Waals surface area contributed by atoms with E-state index >= 15 is 0 Å². The second kappa shape index (κ2) is 11.8. The van der Waals surface area contributed by atoms with Gasteiger partial charge < -0.3 is 13.7 Å². The summed E-state index contributed by atoms with van der Waals surface area (Å²) in [6, 6.07) is 65.9. The number of para-hydroxylation sites is 4. The molecule has 0 amide bonds. The summed E-state index contributed by atoms with van der Waals surface area (Å²) in [7, 11) is 0. The van der Waals surface area contributed by atoms with Crippen molar-refractivity contribution >= 4 is 65.4 Å². The van der Waals surface area contributed by atoms with Crippen molar-refractivity contribution in [1.82, 2.24) is 13.7 Å². The highest BCUT2D eigenvalue weighted by atomic mass is 15.0. The molecule has 254 valence electrons. The molecule has 55 heavy (non-hydrogen) atoms. The van der Waals surface area contributed by atoms with E-state index in [0.29, 0.717) is 11.1 Å². The SMILES string of the molecule is N#Cc1cc(-c2cccc(-n3c4ccc(C#N)cc4c4c(-n5c6ccccc6c6ccccc65)cccc43)c2)cc(-n2c3ccccc3c3ccccc32)c1. The van der Waals surface area contributed by atoms with Crippen molar-refractivity contribution < 1.29 is 0 Å². The fourth-order valence-electron chi connectivity index (χ4n) is 8.76.